The predicted molar refractivity (Wildman–Crippen MR) is 134 cm³/mol. The van der Waals surface area contributed by atoms with E-state index in [4.69, 9.17) is 9.47 Å². The minimum absolute atomic E-state index is 0.261. The number of aliphatic imine (C=N–C) groups is 1. The van der Waals surface area contributed by atoms with E-state index in [1.807, 2.05) is 79.7 Å². The van der Waals surface area contributed by atoms with Gasteiger partial charge in [-0.15, -0.1) is 0 Å². The lowest BCUT2D eigenvalue weighted by Crippen LogP contribution is -2.13. The van der Waals surface area contributed by atoms with Crippen molar-refractivity contribution in [1.82, 2.24) is 10.2 Å². The van der Waals surface area contributed by atoms with E-state index in [2.05, 4.69) is 25.8 Å². The number of rotatable bonds is 8. The molecule has 3 aromatic carbocycles. The number of benzene rings is 3. The van der Waals surface area contributed by atoms with Gasteiger partial charge in [-0.3, -0.25) is 9.89 Å². The molecule has 4 aromatic rings. The molecule has 1 amide bonds. The number of amides is 1. The number of H-pyrrole nitrogens is 1. The second-order valence-corrected chi connectivity index (χ2v) is 7.50. The van der Waals surface area contributed by atoms with Gasteiger partial charge in [-0.25, -0.2) is 4.99 Å². The first-order valence-electron chi connectivity index (χ1n) is 10.6. The van der Waals surface area contributed by atoms with Crippen LogP contribution in [0.2, 0.25) is 0 Å². The topological polar surface area (TPSA) is 101 Å². The Bertz CT molecular complexity index is 1280. The Labute approximate surface area is 197 Å². The molecule has 1 heterocycles. The van der Waals surface area contributed by atoms with Crippen LogP contribution in [0.1, 0.15) is 21.5 Å². The first kappa shape index (κ1) is 22.6. The molecule has 0 saturated carbocycles. The van der Waals surface area contributed by atoms with E-state index in [1.165, 1.54) is 0 Å². The molecule has 34 heavy (non-hydrogen) atoms. The maximum atomic E-state index is 13.3. The summed E-state index contributed by atoms with van der Waals surface area (Å²) in [7, 11) is 3.22. The van der Waals surface area contributed by atoms with E-state index in [9.17, 15) is 4.79 Å². The summed E-state index contributed by atoms with van der Waals surface area (Å²) in [5, 5.41) is 13.3. The van der Waals surface area contributed by atoms with Gasteiger partial charge in [0.2, 0.25) is 0 Å². The lowest BCUT2D eigenvalue weighted by molar-refractivity contribution is 0.102. The van der Waals surface area contributed by atoms with Crippen LogP contribution in [0.25, 0.3) is 0 Å². The lowest BCUT2D eigenvalue weighted by Gasteiger charge is -2.09. The minimum Gasteiger partial charge on any atom is -0.497 e. The van der Waals surface area contributed by atoms with Crippen LogP contribution in [0.15, 0.2) is 77.8 Å². The first-order valence-corrected chi connectivity index (χ1v) is 10.6. The predicted octanol–water partition coefficient (Wildman–Crippen LogP) is 5.48. The number of nitrogens with zero attached hydrogens (tertiary/aromatic N) is 2. The molecule has 0 aliphatic rings. The molecule has 0 saturated heterocycles. The van der Waals surface area contributed by atoms with Gasteiger partial charge >= 0.3 is 0 Å². The highest BCUT2D eigenvalue weighted by atomic mass is 16.5. The summed E-state index contributed by atoms with van der Waals surface area (Å²) < 4.78 is 10.4. The standard InChI is InChI=1S/C26H25N5O3/c1-17-4-8-20(9-5-17)29-26(32)23-24(27-16-18-6-12-21(33-2)13-7-18)30-31-25(23)28-19-10-14-22(34-3)15-11-19/h4-16H,1-3H3,(H,29,32)(H2,28,30,31). The van der Waals surface area contributed by atoms with E-state index in [-0.39, 0.29) is 11.7 Å². The number of nitrogens with one attached hydrogen (secondary N) is 3. The van der Waals surface area contributed by atoms with Crippen LogP contribution in [-0.4, -0.2) is 36.5 Å². The van der Waals surface area contributed by atoms with E-state index >= 15 is 0 Å². The van der Waals surface area contributed by atoms with Gasteiger partial charge in [-0.1, -0.05) is 17.7 Å². The molecule has 0 fully saturated rings. The number of aryl methyl sites for hydroxylation is 1. The van der Waals surface area contributed by atoms with Gasteiger partial charge in [0.05, 0.1) is 14.2 Å². The summed E-state index contributed by atoms with van der Waals surface area (Å²) in [4.78, 5) is 17.7. The molecule has 4 rings (SSSR count). The Kier molecular flexibility index (Phi) is 6.88. The fourth-order valence-electron chi connectivity index (χ4n) is 3.21. The van der Waals surface area contributed by atoms with Crippen molar-refractivity contribution in [3.63, 3.8) is 0 Å². The van der Waals surface area contributed by atoms with Crippen LogP contribution in [0.5, 0.6) is 11.5 Å². The quantitative estimate of drug-likeness (QED) is 0.305. The Morgan fingerprint density at radius 3 is 2.09 bits per heavy atom. The highest BCUT2D eigenvalue weighted by Gasteiger charge is 2.21. The summed E-state index contributed by atoms with van der Waals surface area (Å²) in [6.07, 6.45) is 1.65. The zero-order valence-corrected chi connectivity index (χ0v) is 19.1. The van der Waals surface area contributed by atoms with Crippen molar-refractivity contribution in [3.05, 3.63) is 89.5 Å². The smallest absolute Gasteiger partial charge is 0.263 e. The minimum atomic E-state index is -0.338. The molecule has 3 N–H and O–H groups in total. The molecule has 172 valence electrons. The number of aromatic nitrogens is 2. The average molecular weight is 456 g/mol. The highest BCUT2D eigenvalue weighted by Crippen LogP contribution is 2.28. The van der Waals surface area contributed by atoms with E-state index in [0.717, 1.165) is 28.3 Å². The van der Waals surface area contributed by atoms with Gasteiger partial charge < -0.3 is 20.1 Å². The summed E-state index contributed by atoms with van der Waals surface area (Å²) in [6.45, 7) is 1.99. The van der Waals surface area contributed by atoms with Gasteiger partial charge in [0.1, 0.15) is 22.9 Å². The first-order chi connectivity index (χ1) is 16.6. The third-order valence-corrected chi connectivity index (χ3v) is 5.09. The van der Waals surface area contributed by atoms with Crippen LogP contribution >= 0.6 is 0 Å². The Morgan fingerprint density at radius 1 is 0.882 bits per heavy atom. The Morgan fingerprint density at radius 2 is 1.47 bits per heavy atom. The van der Waals surface area contributed by atoms with E-state index in [1.54, 1.807) is 20.4 Å². The Hall–Kier alpha value is -4.59. The lowest BCUT2D eigenvalue weighted by atomic mass is 10.2. The zero-order valence-electron chi connectivity index (χ0n) is 19.1. The van der Waals surface area contributed by atoms with Gasteiger partial charge in [0, 0.05) is 17.6 Å². The molecule has 1 aromatic heterocycles. The number of hydrogen-bond donors (Lipinski definition) is 3. The number of anilines is 3. The van der Waals surface area contributed by atoms with Crippen molar-refractivity contribution < 1.29 is 14.3 Å². The average Bonchev–Trinajstić information content (AvgIpc) is 3.27. The molecule has 0 radical (unpaired) electrons. The Balaban J connectivity index is 1.64. The maximum absolute atomic E-state index is 13.3. The number of methoxy groups -OCH3 is 2. The van der Waals surface area contributed by atoms with Gasteiger partial charge in [0.25, 0.3) is 5.91 Å². The highest BCUT2D eigenvalue weighted by molar-refractivity contribution is 6.11. The number of ether oxygens (including phenoxy) is 2. The van der Waals surface area contributed by atoms with Crippen molar-refractivity contribution >= 4 is 35.1 Å². The molecule has 0 bridgehead atoms. The molecule has 8 nitrogen and oxygen atoms in total. The number of carbonyl (C=O) groups is 1. The van der Waals surface area contributed by atoms with Crippen LogP contribution in [-0.2, 0) is 0 Å². The van der Waals surface area contributed by atoms with Crippen LogP contribution in [0.3, 0.4) is 0 Å². The summed E-state index contributed by atoms with van der Waals surface area (Å²) in [6, 6.07) is 22.4. The number of hydrogen-bond acceptors (Lipinski definition) is 6. The fourth-order valence-corrected chi connectivity index (χ4v) is 3.21. The van der Waals surface area contributed by atoms with Crippen molar-refractivity contribution in [3.8, 4) is 11.5 Å². The summed E-state index contributed by atoms with van der Waals surface area (Å²) in [5.41, 5.74) is 3.68. The SMILES string of the molecule is COc1ccc(C=Nc2n[nH]c(Nc3ccc(OC)cc3)c2C(=O)Nc2ccc(C)cc2)cc1. The van der Waals surface area contributed by atoms with Gasteiger partial charge in [0.15, 0.2) is 5.82 Å². The largest absolute Gasteiger partial charge is 0.497 e. The molecule has 0 unspecified atom stereocenters. The van der Waals surface area contributed by atoms with Crippen molar-refractivity contribution in [2.24, 2.45) is 4.99 Å². The molecular weight excluding hydrogens is 430 g/mol. The second kappa shape index (κ2) is 10.4. The molecule has 0 atom stereocenters. The summed E-state index contributed by atoms with van der Waals surface area (Å²) >= 11 is 0. The van der Waals surface area contributed by atoms with Gasteiger partial charge in [-0.2, -0.15) is 5.10 Å². The third-order valence-electron chi connectivity index (χ3n) is 5.09. The normalized spacial score (nSPS) is 10.8. The second-order valence-electron chi connectivity index (χ2n) is 7.50. The molecule has 0 spiro atoms. The molecule has 8 heteroatoms. The maximum Gasteiger partial charge on any atom is 0.263 e. The summed E-state index contributed by atoms with van der Waals surface area (Å²) in [5.74, 6) is 1.84. The van der Waals surface area contributed by atoms with Crippen molar-refractivity contribution in [1.29, 1.82) is 0 Å². The van der Waals surface area contributed by atoms with Crippen LogP contribution < -0.4 is 20.1 Å². The molecular formula is C26H25N5O3. The fraction of sp³-hybridized carbons (Fsp3) is 0.115. The van der Waals surface area contributed by atoms with E-state index < -0.39 is 0 Å². The number of aromatic amines is 1. The van der Waals surface area contributed by atoms with Crippen LogP contribution in [0, 0.1) is 6.92 Å². The molecule has 0 aliphatic carbocycles. The number of carbonyl (C=O) groups excluding carboxylic acids is 1. The molecule has 0 aliphatic heterocycles. The van der Waals surface area contributed by atoms with E-state index in [0.29, 0.717) is 17.1 Å². The van der Waals surface area contributed by atoms with Crippen molar-refractivity contribution in [2.45, 2.75) is 6.92 Å². The van der Waals surface area contributed by atoms with Gasteiger partial charge in [-0.05, 0) is 73.2 Å². The van der Waals surface area contributed by atoms with Crippen molar-refractivity contribution in [2.75, 3.05) is 24.9 Å². The zero-order chi connectivity index (χ0) is 23.9. The monoisotopic (exact) mass is 455 g/mol. The third kappa shape index (κ3) is 5.42. The van der Waals surface area contributed by atoms with Crippen LogP contribution in [0.4, 0.5) is 23.0 Å².